The lowest BCUT2D eigenvalue weighted by atomic mass is 9.95. The summed E-state index contributed by atoms with van der Waals surface area (Å²) in [5, 5.41) is 0.356. The average Bonchev–Trinajstić information content (AvgIpc) is 2.45. The first-order chi connectivity index (χ1) is 10.3. The lowest BCUT2D eigenvalue weighted by Gasteiger charge is -2.35. The molecule has 2 heterocycles. The van der Waals surface area contributed by atoms with Crippen molar-refractivity contribution in [1.82, 2.24) is 9.88 Å². The highest BCUT2D eigenvalue weighted by Crippen LogP contribution is 2.25. The molecule has 6 heteroatoms. The Labute approximate surface area is 135 Å². The molecule has 1 aliphatic rings. The van der Waals surface area contributed by atoms with Crippen LogP contribution in [0, 0.1) is 0 Å². The van der Waals surface area contributed by atoms with Crippen molar-refractivity contribution in [3.05, 3.63) is 29.0 Å². The second-order valence-electron chi connectivity index (χ2n) is 6.41. The molecular formula is C16H21ClN2O3. The van der Waals surface area contributed by atoms with E-state index >= 15 is 0 Å². The van der Waals surface area contributed by atoms with Gasteiger partial charge in [0.1, 0.15) is 5.60 Å². The number of pyridine rings is 1. The van der Waals surface area contributed by atoms with Gasteiger partial charge in [-0.25, -0.2) is 4.79 Å². The lowest BCUT2D eigenvalue weighted by Crippen LogP contribution is -2.49. The number of aromatic nitrogens is 1. The molecule has 2 rings (SSSR count). The molecule has 0 radical (unpaired) electrons. The van der Waals surface area contributed by atoms with Gasteiger partial charge >= 0.3 is 6.09 Å². The Hall–Kier alpha value is -1.62. The molecule has 1 aromatic rings. The molecule has 1 saturated heterocycles. The molecule has 0 unspecified atom stereocenters. The van der Waals surface area contributed by atoms with Gasteiger partial charge in [0.05, 0.1) is 16.6 Å². The molecule has 1 aromatic heterocycles. The van der Waals surface area contributed by atoms with Gasteiger partial charge in [-0.3, -0.25) is 14.7 Å². The van der Waals surface area contributed by atoms with Gasteiger partial charge in [-0.15, -0.1) is 0 Å². The quantitative estimate of drug-likeness (QED) is 0.778. The average molecular weight is 325 g/mol. The number of piperidine rings is 1. The minimum atomic E-state index is -0.589. The number of amides is 1. The normalized spacial score (nSPS) is 18.9. The zero-order valence-electron chi connectivity index (χ0n) is 13.1. The molecular weight excluding hydrogens is 304 g/mol. The molecule has 22 heavy (non-hydrogen) atoms. The standard InChI is InChI=1S/C16H21ClN2O3/c1-16(2,3)22-15(21)19-9-5-4-6-13(19)14(20)11-10-18-8-7-12(11)17/h7-8,10,13H,4-6,9H2,1-3H3/t13-/m0/s1. The molecule has 0 bridgehead atoms. The van der Waals surface area contributed by atoms with Gasteiger partial charge in [0.15, 0.2) is 5.78 Å². The van der Waals surface area contributed by atoms with E-state index in [2.05, 4.69) is 4.98 Å². The molecule has 0 spiro atoms. The van der Waals surface area contributed by atoms with E-state index < -0.39 is 17.7 Å². The number of halogens is 1. The predicted molar refractivity (Wildman–Crippen MR) is 84.2 cm³/mol. The largest absolute Gasteiger partial charge is 0.444 e. The number of hydrogen-bond acceptors (Lipinski definition) is 4. The van der Waals surface area contributed by atoms with Gasteiger partial charge in [-0.05, 0) is 46.1 Å². The molecule has 0 saturated carbocycles. The molecule has 0 aliphatic carbocycles. The van der Waals surface area contributed by atoms with E-state index in [9.17, 15) is 9.59 Å². The summed E-state index contributed by atoms with van der Waals surface area (Å²) in [5.74, 6) is -0.177. The maximum absolute atomic E-state index is 12.7. The third kappa shape index (κ3) is 3.97. The number of Topliss-reactive ketones (excluding diaryl/α,β-unsaturated/α-hetero) is 1. The number of nitrogens with zero attached hydrogens (tertiary/aromatic N) is 2. The van der Waals surface area contributed by atoms with Crippen molar-refractivity contribution in [2.24, 2.45) is 0 Å². The third-order valence-corrected chi connectivity index (χ3v) is 3.80. The monoisotopic (exact) mass is 324 g/mol. The van der Waals surface area contributed by atoms with E-state index in [1.807, 2.05) is 20.8 Å². The molecule has 1 aliphatic heterocycles. The maximum atomic E-state index is 12.7. The fraction of sp³-hybridized carbons (Fsp3) is 0.562. The number of likely N-dealkylation sites (tertiary alicyclic amines) is 1. The van der Waals surface area contributed by atoms with E-state index in [0.29, 0.717) is 23.6 Å². The molecule has 120 valence electrons. The van der Waals surface area contributed by atoms with Gasteiger partial charge in [-0.1, -0.05) is 11.6 Å². The van der Waals surface area contributed by atoms with Crippen LogP contribution in [0.25, 0.3) is 0 Å². The highest BCUT2D eigenvalue weighted by Gasteiger charge is 2.35. The van der Waals surface area contributed by atoms with Crippen LogP contribution in [-0.4, -0.2) is 39.9 Å². The predicted octanol–water partition coefficient (Wildman–Crippen LogP) is 3.71. The smallest absolute Gasteiger partial charge is 0.410 e. The second-order valence-corrected chi connectivity index (χ2v) is 6.81. The Kier molecular flexibility index (Phi) is 5.06. The van der Waals surface area contributed by atoms with E-state index in [1.165, 1.54) is 17.3 Å². The first-order valence-corrected chi connectivity index (χ1v) is 7.81. The van der Waals surface area contributed by atoms with Gasteiger partial charge in [0.25, 0.3) is 0 Å². The zero-order chi connectivity index (χ0) is 16.3. The minimum Gasteiger partial charge on any atom is -0.444 e. The van der Waals surface area contributed by atoms with Crippen molar-refractivity contribution in [2.45, 2.75) is 51.7 Å². The van der Waals surface area contributed by atoms with Crippen LogP contribution in [0.1, 0.15) is 50.4 Å². The van der Waals surface area contributed by atoms with Crippen LogP contribution >= 0.6 is 11.6 Å². The molecule has 0 N–H and O–H groups in total. The van der Waals surface area contributed by atoms with Gasteiger partial charge in [0, 0.05) is 18.9 Å². The molecule has 1 fully saturated rings. The van der Waals surface area contributed by atoms with E-state index in [-0.39, 0.29) is 5.78 Å². The van der Waals surface area contributed by atoms with Crippen molar-refractivity contribution in [3.8, 4) is 0 Å². The summed E-state index contributed by atoms with van der Waals surface area (Å²) in [5.41, 5.74) is -0.238. The number of hydrogen-bond donors (Lipinski definition) is 0. The first kappa shape index (κ1) is 16.7. The van der Waals surface area contributed by atoms with Crippen LogP contribution in [0.3, 0.4) is 0 Å². The number of rotatable bonds is 2. The topological polar surface area (TPSA) is 59.5 Å². The van der Waals surface area contributed by atoms with Gasteiger partial charge in [0.2, 0.25) is 0 Å². The van der Waals surface area contributed by atoms with Crippen LogP contribution in [-0.2, 0) is 4.74 Å². The summed E-state index contributed by atoms with van der Waals surface area (Å²) >= 11 is 6.08. The second kappa shape index (κ2) is 6.65. The SMILES string of the molecule is CC(C)(C)OC(=O)N1CCCC[C@H]1C(=O)c1cnccc1Cl. The van der Waals surface area contributed by atoms with Crippen molar-refractivity contribution in [2.75, 3.05) is 6.54 Å². The van der Waals surface area contributed by atoms with E-state index in [1.54, 1.807) is 6.07 Å². The van der Waals surface area contributed by atoms with Crippen LogP contribution in [0.2, 0.25) is 5.02 Å². The van der Waals surface area contributed by atoms with Gasteiger partial charge in [-0.2, -0.15) is 0 Å². The summed E-state index contributed by atoms with van der Waals surface area (Å²) in [6.07, 6.45) is 4.91. The fourth-order valence-electron chi connectivity index (χ4n) is 2.48. The highest BCUT2D eigenvalue weighted by atomic mass is 35.5. The Balaban J connectivity index is 2.21. The molecule has 1 amide bonds. The molecule has 0 aromatic carbocycles. The van der Waals surface area contributed by atoms with E-state index in [4.69, 9.17) is 16.3 Å². The number of carbonyl (C=O) groups excluding carboxylic acids is 2. The van der Waals surface area contributed by atoms with Gasteiger partial charge < -0.3 is 4.74 Å². The molecule has 5 nitrogen and oxygen atoms in total. The number of ether oxygens (including phenoxy) is 1. The summed E-state index contributed by atoms with van der Waals surface area (Å²) in [6.45, 7) is 5.94. The van der Waals surface area contributed by atoms with Crippen molar-refractivity contribution in [1.29, 1.82) is 0 Å². The summed E-state index contributed by atoms with van der Waals surface area (Å²) in [7, 11) is 0. The Bertz CT molecular complexity index is 569. The number of carbonyl (C=O) groups is 2. The first-order valence-electron chi connectivity index (χ1n) is 7.43. The van der Waals surface area contributed by atoms with Crippen molar-refractivity contribution >= 4 is 23.5 Å². The van der Waals surface area contributed by atoms with Crippen LogP contribution < -0.4 is 0 Å². The number of ketones is 1. The summed E-state index contributed by atoms with van der Waals surface area (Å²) in [6, 6.07) is 1.04. The Morgan fingerprint density at radius 3 is 2.73 bits per heavy atom. The fourth-order valence-corrected chi connectivity index (χ4v) is 2.68. The zero-order valence-corrected chi connectivity index (χ0v) is 13.9. The van der Waals surface area contributed by atoms with Crippen LogP contribution in [0.5, 0.6) is 0 Å². The summed E-state index contributed by atoms with van der Waals surface area (Å²) in [4.78, 5) is 30.5. The minimum absolute atomic E-state index is 0.177. The molecule has 1 atom stereocenters. The maximum Gasteiger partial charge on any atom is 0.410 e. The lowest BCUT2D eigenvalue weighted by molar-refractivity contribution is 0.0104. The Morgan fingerprint density at radius 1 is 1.36 bits per heavy atom. The van der Waals surface area contributed by atoms with E-state index in [0.717, 1.165) is 12.8 Å². The van der Waals surface area contributed by atoms with Crippen molar-refractivity contribution < 1.29 is 14.3 Å². The van der Waals surface area contributed by atoms with Crippen LogP contribution in [0.4, 0.5) is 4.79 Å². The van der Waals surface area contributed by atoms with Crippen molar-refractivity contribution in [3.63, 3.8) is 0 Å². The Morgan fingerprint density at radius 2 is 2.09 bits per heavy atom. The highest BCUT2D eigenvalue weighted by molar-refractivity contribution is 6.34. The third-order valence-electron chi connectivity index (χ3n) is 3.47. The summed E-state index contributed by atoms with van der Waals surface area (Å²) < 4.78 is 5.41. The van der Waals surface area contributed by atoms with Crippen LogP contribution in [0.15, 0.2) is 18.5 Å².